The van der Waals surface area contributed by atoms with E-state index in [1.165, 1.54) is 146 Å². The van der Waals surface area contributed by atoms with Crippen molar-refractivity contribution >= 4 is 94.4 Å². The van der Waals surface area contributed by atoms with E-state index in [4.69, 9.17) is 0 Å². The summed E-state index contributed by atoms with van der Waals surface area (Å²) in [5, 5.41) is 2.70. The highest BCUT2D eigenvalue weighted by molar-refractivity contribution is 7.26. The Kier molecular flexibility index (Phi) is 7.75. The van der Waals surface area contributed by atoms with Gasteiger partial charge in [-0.1, -0.05) is 128 Å². The number of nitrogens with zero attached hydrogens (tertiary/aromatic N) is 3. The molecule has 2 fully saturated rings. The van der Waals surface area contributed by atoms with E-state index in [1.807, 2.05) is 11.3 Å². The Balaban J connectivity index is 1.07. The van der Waals surface area contributed by atoms with Gasteiger partial charge in [-0.3, -0.25) is 0 Å². The topological polar surface area (TPSA) is 9.72 Å². The fraction of sp³-hybridized carbons (Fsp3) is 0.410. The Morgan fingerprint density at radius 1 is 0.485 bits per heavy atom. The van der Waals surface area contributed by atoms with E-state index in [-0.39, 0.29) is 39.5 Å². The molecule has 4 unspecified atom stereocenters. The predicted molar refractivity (Wildman–Crippen MR) is 284 cm³/mol. The second kappa shape index (κ2) is 12.8. The number of hydrogen-bond donors (Lipinski definition) is 0. The number of anilines is 7. The minimum Gasteiger partial charge on any atom is -0.335 e. The Morgan fingerprint density at radius 3 is 1.91 bits per heavy atom. The quantitative estimate of drug-likeness (QED) is 0.160. The van der Waals surface area contributed by atoms with Gasteiger partial charge in [0.15, 0.2) is 0 Å². The fourth-order valence-corrected chi connectivity index (χ4v) is 17.1. The first-order chi connectivity index (χ1) is 31.6. The third-order valence-corrected chi connectivity index (χ3v) is 21.3. The first-order valence-electron chi connectivity index (χ1n) is 25.5. The van der Waals surface area contributed by atoms with Crippen molar-refractivity contribution in [3.05, 3.63) is 131 Å². The van der Waals surface area contributed by atoms with Gasteiger partial charge in [-0.25, -0.2) is 0 Å². The van der Waals surface area contributed by atoms with Gasteiger partial charge in [0.1, 0.15) is 0 Å². The van der Waals surface area contributed by atoms with E-state index in [9.17, 15) is 0 Å². The minimum absolute atomic E-state index is 0.00484. The monoisotopic (exact) mass is 881 g/mol. The van der Waals surface area contributed by atoms with Crippen molar-refractivity contribution in [1.29, 1.82) is 0 Å². The van der Waals surface area contributed by atoms with Crippen LogP contribution in [0.25, 0.3) is 20.2 Å². The molecular weight excluding hydrogens is 818 g/mol. The van der Waals surface area contributed by atoms with Gasteiger partial charge in [-0.15, -0.1) is 11.3 Å². The summed E-state index contributed by atoms with van der Waals surface area (Å²) in [6.45, 7) is 23.0. The second-order valence-electron chi connectivity index (χ2n) is 24.2. The van der Waals surface area contributed by atoms with E-state index in [1.54, 1.807) is 22.3 Å². The van der Waals surface area contributed by atoms with Gasteiger partial charge in [0.05, 0.1) is 21.5 Å². The fourth-order valence-electron chi connectivity index (χ4n) is 15.9. The SMILES string of the molecule is Cc1cc2c3c(c1)N1c4c(cccc4C4(C)CCCCC14C)B3c1ccc(N3c4cc5c(cc4C4(C)CCCCC34C)C(C)(C)CCC5(C)C)cc1N2c1cccc2c1sc1ccccc12. The number of fused-ring (bicyclic) bond motifs is 14. The van der Waals surface area contributed by atoms with Crippen LogP contribution in [0.4, 0.5) is 39.8 Å². The molecule has 0 saturated heterocycles. The predicted octanol–water partition coefficient (Wildman–Crippen LogP) is 14.8. The third kappa shape index (κ3) is 4.68. The molecule has 5 heterocycles. The molecule has 7 aliphatic rings. The number of benzene rings is 6. The highest BCUT2D eigenvalue weighted by Crippen LogP contribution is 2.65. The maximum Gasteiger partial charge on any atom is 0.252 e. The summed E-state index contributed by atoms with van der Waals surface area (Å²) >= 11 is 1.96. The summed E-state index contributed by atoms with van der Waals surface area (Å²) in [7, 11) is 0. The molecule has 3 nitrogen and oxygen atoms in total. The Labute approximate surface area is 397 Å². The van der Waals surface area contributed by atoms with Gasteiger partial charge in [-0.2, -0.15) is 0 Å². The maximum atomic E-state index is 2.88. The largest absolute Gasteiger partial charge is 0.335 e. The molecule has 332 valence electrons. The zero-order valence-corrected chi connectivity index (χ0v) is 41.5. The summed E-state index contributed by atoms with van der Waals surface area (Å²) in [4.78, 5) is 8.50. The number of aryl methyl sites for hydroxylation is 1. The second-order valence-corrected chi connectivity index (χ2v) is 25.3. The smallest absolute Gasteiger partial charge is 0.252 e. The van der Waals surface area contributed by atoms with Crippen LogP contribution in [0.2, 0.25) is 0 Å². The van der Waals surface area contributed by atoms with Gasteiger partial charge >= 0.3 is 0 Å². The molecule has 4 aliphatic heterocycles. The summed E-state index contributed by atoms with van der Waals surface area (Å²) in [6.07, 6.45) is 12.5. The third-order valence-electron chi connectivity index (χ3n) is 20.0. The van der Waals surface area contributed by atoms with E-state index >= 15 is 0 Å². The summed E-state index contributed by atoms with van der Waals surface area (Å²) < 4.78 is 2.72. The van der Waals surface area contributed by atoms with Gasteiger partial charge in [0.2, 0.25) is 0 Å². The molecular formula is C61H64BN3S. The zero-order chi connectivity index (χ0) is 45.1. The molecule has 5 heteroatoms. The van der Waals surface area contributed by atoms with Crippen molar-refractivity contribution in [3.8, 4) is 0 Å². The molecule has 2 saturated carbocycles. The van der Waals surface area contributed by atoms with Crippen molar-refractivity contribution < 1.29 is 0 Å². The van der Waals surface area contributed by atoms with Crippen LogP contribution >= 0.6 is 11.3 Å². The molecule has 0 bridgehead atoms. The van der Waals surface area contributed by atoms with Gasteiger partial charge in [0, 0.05) is 60.4 Å². The maximum absolute atomic E-state index is 2.88. The highest BCUT2D eigenvalue weighted by atomic mass is 32.1. The standard InChI is InChI=1S/C61H64BN3S/c1-37-32-50-53-51(33-37)65-54-41(58(6)26-12-15-29-61(58,65)9)20-17-21-46(54)62(53)45-25-24-38(34-49(45)63(50)47-22-16-19-40-39-18-10-11-23-52(39)66-55(40)47)64-48-36-43-42(56(2,3)30-31-57(43,4)5)35-44(48)59(7)27-13-14-28-60(59,64)8/h10-11,16-25,32-36H,12-15,26-31H2,1-9H3. The lowest BCUT2D eigenvalue weighted by molar-refractivity contribution is 0.194. The summed E-state index contributed by atoms with van der Waals surface area (Å²) in [5.74, 6) is 0. The van der Waals surface area contributed by atoms with Gasteiger partial charge in [-0.05, 0) is 157 Å². The van der Waals surface area contributed by atoms with Crippen LogP contribution in [0.15, 0.2) is 103 Å². The average Bonchev–Trinajstić information content (AvgIpc) is 3.86. The van der Waals surface area contributed by atoms with E-state index in [0.29, 0.717) is 0 Å². The Hall–Kier alpha value is -5.00. The number of thiophene rings is 1. The van der Waals surface area contributed by atoms with E-state index in [2.05, 4.69) is 180 Å². The Morgan fingerprint density at radius 2 is 1.14 bits per heavy atom. The zero-order valence-electron chi connectivity index (χ0n) is 40.7. The van der Waals surface area contributed by atoms with Crippen LogP contribution in [0.1, 0.15) is 147 Å². The van der Waals surface area contributed by atoms with Crippen LogP contribution in [0.5, 0.6) is 0 Å². The number of para-hydroxylation sites is 1. The van der Waals surface area contributed by atoms with Crippen molar-refractivity contribution in [2.24, 2.45) is 0 Å². The molecule has 0 N–H and O–H groups in total. The van der Waals surface area contributed by atoms with Crippen LogP contribution in [-0.4, -0.2) is 17.8 Å². The van der Waals surface area contributed by atoms with Crippen LogP contribution in [0, 0.1) is 6.92 Å². The van der Waals surface area contributed by atoms with Crippen molar-refractivity contribution in [2.75, 3.05) is 14.7 Å². The molecule has 0 spiro atoms. The summed E-state index contributed by atoms with van der Waals surface area (Å²) in [6, 6.07) is 41.9. The van der Waals surface area contributed by atoms with Gasteiger partial charge < -0.3 is 14.7 Å². The average molecular weight is 882 g/mol. The number of rotatable bonds is 2. The molecule has 66 heavy (non-hydrogen) atoms. The molecule has 4 atom stereocenters. The molecule has 7 aromatic rings. The molecule has 0 radical (unpaired) electrons. The highest BCUT2D eigenvalue weighted by Gasteiger charge is 2.62. The normalized spacial score (nSPS) is 28.1. The lowest BCUT2D eigenvalue weighted by Gasteiger charge is -2.53. The molecule has 3 aliphatic carbocycles. The van der Waals surface area contributed by atoms with Crippen molar-refractivity contribution in [1.82, 2.24) is 0 Å². The molecule has 14 rings (SSSR count). The molecule has 6 aromatic carbocycles. The minimum atomic E-state index is -0.0561. The Bertz CT molecular complexity index is 3300. The molecule has 1 aromatic heterocycles. The van der Waals surface area contributed by atoms with Crippen molar-refractivity contribution in [2.45, 2.75) is 159 Å². The van der Waals surface area contributed by atoms with E-state index in [0.717, 1.165) is 0 Å². The van der Waals surface area contributed by atoms with Crippen LogP contribution in [-0.2, 0) is 21.7 Å². The van der Waals surface area contributed by atoms with Crippen LogP contribution in [0.3, 0.4) is 0 Å². The first-order valence-corrected chi connectivity index (χ1v) is 26.3. The first kappa shape index (κ1) is 40.1. The molecule has 0 amide bonds. The van der Waals surface area contributed by atoms with E-state index < -0.39 is 0 Å². The number of hydrogen-bond acceptors (Lipinski definition) is 4. The summed E-state index contributed by atoms with van der Waals surface area (Å²) in [5.41, 5.74) is 22.1. The van der Waals surface area contributed by atoms with Crippen molar-refractivity contribution in [3.63, 3.8) is 0 Å². The lowest BCUT2D eigenvalue weighted by atomic mass is 9.33. The van der Waals surface area contributed by atoms with Crippen LogP contribution < -0.4 is 31.1 Å². The lowest BCUT2D eigenvalue weighted by Crippen LogP contribution is -2.64. The van der Waals surface area contributed by atoms with Gasteiger partial charge in [0.25, 0.3) is 6.71 Å².